The van der Waals surface area contributed by atoms with Gasteiger partial charge in [-0.15, -0.1) is 11.3 Å². The number of thiazole rings is 1. The van der Waals surface area contributed by atoms with Crippen LogP contribution in [0.5, 0.6) is 0 Å². The predicted molar refractivity (Wildman–Crippen MR) is 79.0 cm³/mol. The Morgan fingerprint density at radius 2 is 2.05 bits per heavy atom. The lowest BCUT2D eigenvalue weighted by atomic mass is 9.98. The maximum Gasteiger partial charge on any atom is 0.323 e. The van der Waals surface area contributed by atoms with Crippen LogP contribution >= 0.6 is 11.3 Å². The zero-order valence-electron chi connectivity index (χ0n) is 12.5. The SMILES string of the molecule is CCCN(CC(=O)O)C(=O)Cc1csc(C(C)(C)C)n1. The molecule has 1 aromatic rings. The Morgan fingerprint density at radius 3 is 2.50 bits per heavy atom. The van der Waals surface area contributed by atoms with Crippen LogP contribution < -0.4 is 0 Å². The van der Waals surface area contributed by atoms with Crippen LogP contribution in [0.3, 0.4) is 0 Å². The van der Waals surface area contributed by atoms with Gasteiger partial charge in [-0.05, 0) is 6.42 Å². The van der Waals surface area contributed by atoms with E-state index in [2.05, 4.69) is 25.8 Å². The van der Waals surface area contributed by atoms with Crippen LogP contribution in [0.4, 0.5) is 0 Å². The number of carbonyl (C=O) groups excluding carboxylic acids is 1. The van der Waals surface area contributed by atoms with Crippen molar-refractivity contribution in [1.29, 1.82) is 0 Å². The topological polar surface area (TPSA) is 70.5 Å². The highest BCUT2D eigenvalue weighted by atomic mass is 32.1. The van der Waals surface area contributed by atoms with Gasteiger partial charge in [0.15, 0.2) is 0 Å². The summed E-state index contributed by atoms with van der Waals surface area (Å²) in [5, 5.41) is 11.7. The summed E-state index contributed by atoms with van der Waals surface area (Å²) in [4.78, 5) is 28.7. The van der Waals surface area contributed by atoms with Crippen molar-refractivity contribution in [2.24, 2.45) is 0 Å². The fourth-order valence-electron chi connectivity index (χ4n) is 1.72. The van der Waals surface area contributed by atoms with Crippen LogP contribution in [0, 0.1) is 0 Å². The summed E-state index contributed by atoms with van der Waals surface area (Å²) in [6, 6.07) is 0. The molecule has 0 aliphatic heterocycles. The van der Waals surface area contributed by atoms with Gasteiger partial charge in [-0.2, -0.15) is 0 Å². The normalized spacial score (nSPS) is 11.4. The van der Waals surface area contributed by atoms with Crippen LogP contribution in [0.15, 0.2) is 5.38 Å². The van der Waals surface area contributed by atoms with Gasteiger partial charge in [-0.25, -0.2) is 4.98 Å². The molecule has 20 heavy (non-hydrogen) atoms. The zero-order chi connectivity index (χ0) is 15.3. The summed E-state index contributed by atoms with van der Waals surface area (Å²) in [5.41, 5.74) is 0.687. The molecule has 0 bridgehead atoms. The van der Waals surface area contributed by atoms with E-state index in [1.54, 1.807) is 0 Å². The lowest BCUT2D eigenvalue weighted by Gasteiger charge is -2.19. The number of hydrogen-bond acceptors (Lipinski definition) is 4. The minimum Gasteiger partial charge on any atom is -0.480 e. The van der Waals surface area contributed by atoms with E-state index in [0.29, 0.717) is 6.54 Å². The molecule has 0 saturated heterocycles. The maximum absolute atomic E-state index is 12.1. The van der Waals surface area contributed by atoms with E-state index in [9.17, 15) is 9.59 Å². The molecule has 1 heterocycles. The fourth-order valence-corrected chi connectivity index (χ4v) is 2.63. The van der Waals surface area contributed by atoms with Crippen molar-refractivity contribution in [3.05, 3.63) is 16.1 Å². The third kappa shape index (κ3) is 4.92. The average Bonchev–Trinajstić information content (AvgIpc) is 2.76. The number of carbonyl (C=O) groups is 2. The lowest BCUT2D eigenvalue weighted by Crippen LogP contribution is -2.37. The molecule has 0 unspecified atom stereocenters. The van der Waals surface area contributed by atoms with Gasteiger partial charge in [0.25, 0.3) is 0 Å². The highest BCUT2D eigenvalue weighted by molar-refractivity contribution is 7.09. The Bertz CT molecular complexity index is 477. The first-order valence-electron chi connectivity index (χ1n) is 6.68. The number of aliphatic carboxylic acids is 1. The summed E-state index contributed by atoms with van der Waals surface area (Å²) in [6.07, 6.45) is 0.906. The first kappa shape index (κ1) is 16.6. The summed E-state index contributed by atoms with van der Waals surface area (Å²) < 4.78 is 0. The second-order valence-electron chi connectivity index (χ2n) is 5.78. The molecule has 0 aromatic carbocycles. The second kappa shape index (κ2) is 6.83. The summed E-state index contributed by atoms with van der Waals surface area (Å²) in [5.74, 6) is -1.17. The number of hydrogen-bond donors (Lipinski definition) is 1. The van der Waals surface area contributed by atoms with Crippen LogP contribution in [-0.2, 0) is 21.4 Å². The molecule has 6 heteroatoms. The summed E-state index contributed by atoms with van der Waals surface area (Å²) in [6.45, 7) is 8.36. The van der Waals surface area contributed by atoms with Gasteiger partial charge >= 0.3 is 5.97 Å². The van der Waals surface area contributed by atoms with Crippen molar-refractivity contribution >= 4 is 23.2 Å². The number of amides is 1. The first-order valence-corrected chi connectivity index (χ1v) is 7.56. The van der Waals surface area contributed by atoms with Crippen LogP contribution in [0.1, 0.15) is 44.8 Å². The van der Waals surface area contributed by atoms with Gasteiger partial charge < -0.3 is 10.0 Å². The van der Waals surface area contributed by atoms with Gasteiger partial charge in [0.05, 0.1) is 17.1 Å². The standard InChI is InChI=1S/C14H22N2O3S/c1-5-6-16(8-12(18)19)11(17)7-10-9-20-13(15-10)14(2,3)4/h9H,5-8H2,1-4H3,(H,18,19). The summed E-state index contributed by atoms with van der Waals surface area (Å²) >= 11 is 1.54. The Morgan fingerprint density at radius 1 is 1.40 bits per heavy atom. The number of aromatic nitrogens is 1. The molecule has 112 valence electrons. The molecular weight excluding hydrogens is 276 g/mol. The van der Waals surface area contributed by atoms with E-state index in [0.717, 1.165) is 17.1 Å². The van der Waals surface area contributed by atoms with Crippen molar-refractivity contribution in [3.8, 4) is 0 Å². The minimum atomic E-state index is -0.986. The Labute approximate surface area is 123 Å². The smallest absolute Gasteiger partial charge is 0.323 e. The number of carboxylic acid groups (broad SMARTS) is 1. The third-order valence-corrected chi connectivity index (χ3v) is 4.01. The molecule has 5 nitrogen and oxygen atoms in total. The largest absolute Gasteiger partial charge is 0.480 e. The molecule has 0 radical (unpaired) electrons. The Kier molecular flexibility index (Phi) is 5.68. The van der Waals surface area contributed by atoms with Crippen molar-refractivity contribution < 1.29 is 14.7 Å². The molecule has 1 N–H and O–H groups in total. The monoisotopic (exact) mass is 298 g/mol. The van der Waals surface area contributed by atoms with Crippen molar-refractivity contribution in [1.82, 2.24) is 9.88 Å². The van der Waals surface area contributed by atoms with Gasteiger partial charge in [0, 0.05) is 17.3 Å². The van der Waals surface area contributed by atoms with E-state index in [1.165, 1.54) is 16.2 Å². The van der Waals surface area contributed by atoms with E-state index in [4.69, 9.17) is 5.11 Å². The van der Waals surface area contributed by atoms with Crippen molar-refractivity contribution in [3.63, 3.8) is 0 Å². The highest BCUT2D eigenvalue weighted by Crippen LogP contribution is 2.25. The minimum absolute atomic E-state index is 0.0316. The fraction of sp³-hybridized carbons (Fsp3) is 0.643. The zero-order valence-corrected chi connectivity index (χ0v) is 13.3. The van der Waals surface area contributed by atoms with Crippen molar-refractivity contribution in [2.75, 3.05) is 13.1 Å². The van der Waals surface area contributed by atoms with E-state index >= 15 is 0 Å². The van der Waals surface area contributed by atoms with Crippen LogP contribution in [0.25, 0.3) is 0 Å². The first-order chi connectivity index (χ1) is 9.24. The molecule has 1 rings (SSSR count). The second-order valence-corrected chi connectivity index (χ2v) is 6.64. The van der Waals surface area contributed by atoms with E-state index in [-0.39, 0.29) is 24.3 Å². The maximum atomic E-state index is 12.1. The number of carboxylic acids is 1. The molecule has 1 amide bonds. The molecule has 0 fully saturated rings. The molecule has 0 atom stereocenters. The van der Waals surface area contributed by atoms with Gasteiger partial charge in [0.1, 0.15) is 6.54 Å². The van der Waals surface area contributed by atoms with Crippen LogP contribution in [0.2, 0.25) is 0 Å². The molecule has 0 saturated carbocycles. The average molecular weight is 298 g/mol. The molecular formula is C14H22N2O3S. The van der Waals surface area contributed by atoms with Gasteiger partial charge in [-0.3, -0.25) is 9.59 Å². The molecule has 0 aliphatic rings. The van der Waals surface area contributed by atoms with Gasteiger partial charge in [0.2, 0.25) is 5.91 Å². The Balaban J connectivity index is 2.72. The molecule has 1 aromatic heterocycles. The lowest BCUT2D eigenvalue weighted by molar-refractivity contribution is -0.144. The third-order valence-electron chi connectivity index (χ3n) is 2.70. The number of nitrogens with zero attached hydrogens (tertiary/aromatic N) is 2. The van der Waals surface area contributed by atoms with Crippen molar-refractivity contribution in [2.45, 2.75) is 46.0 Å². The van der Waals surface area contributed by atoms with E-state index in [1.807, 2.05) is 12.3 Å². The quantitative estimate of drug-likeness (QED) is 0.875. The molecule has 0 aliphatic carbocycles. The Hall–Kier alpha value is -1.43. The predicted octanol–water partition coefficient (Wildman–Crippen LogP) is 2.31. The van der Waals surface area contributed by atoms with E-state index < -0.39 is 5.97 Å². The van der Waals surface area contributed by atoms with Gasteiger partial charge in [-0.1, -0.05) is 27.7 Å². The van der Waals surface area contributed by atoms with Crippen LogP contribution in [-0.4, -0.2) is 40.0 Å². The molecule has 0 spiro atoms. The summed E-state index contributed by atoms with van der Waals surface area (Å²) in [7, 11) is 0. The highest BCUT2D eigenvalue weighted by Gasteiger charge is 2.21. The number of rotatable bonds is 6.